The van der Waals surface area contributed by atoms with Gasteiger partial charge in [-0.1, -0.05) is 29.8 Å². The Kier molecular flexibility index (Phi) is 5.73. The first-order chi connectivity index (χ1) is 12.5. The first kappa shape index (κ1) is 18.2. The summed E-state index contributed by atoms with van der Waals surface area (Å²) in [6.45, 7) is 0.872. The Morgan fingerprint density at radius 1 is 1.12 bits per heavy atom. The van der Waals surface area contributed by atoms with Crippen molar-refractivity contribution in [3.63, 3.8) is 0 Å². The molecule has 1 atom stereocenters. The highest BCUT2D eigenvalue weighted by Crippen LogP contribution is 2.23. The van der Waals surface area contributed by atoms with Crippen molar-refractivity contribution in [1.82, 2.24) is 4.90 Å². The summed E-state index contributed by atoms with van der Waals surface area (Å²) in [6, 6.07) is 13.0. The summed E-state index contributed by atoms with van der Waals surface area (Å²) in [6.07, 6.45) is 1.36. The molecule has 7 heteroatoms. The zero-order valence-electron chi connectivity index (χ0n) is 14.0. The van der Waals surface area contributed by atoms with E-state index >= 15 is 0 Å². The molecule has 0 aliphatic carbocycles. The van der Waals surface area contributed by atoms with Crippen LogP contribution in [0.25, 0.3) is 0 Å². The minimum atomic E-state index is -0.583. The van der Waals surface area contributed by atoms with Crippen molar-refractivity contribution in [2.24, 2.45) is 5.92 Å². The van der Waals surface area contributed by atoms with Crippen LogP contribution in [0.3, 0.4) is 0 Å². The molecule has 1 fully saturated rings. The summed E-state index contributed by atoms with van der Waals surface area (Å²) in [5.74, 6) is -1.27. The molecule has 1 aliphatic heterocycles. The second-order valence-corrected chi connectivity index (χ2v) is 6.63. The fourth-order valence-electron chi connectivity index (χ4n) is 2.93. The van der Waals surface area contributed by atoms with Crippen LogP contribution in [0, 0.1) is 11.7 Å². The molecule has 3 amide bonds. The summed E-state index contributed by atoms with van der Waals surface area (Å²) in [7, 11) is 0. The number of nitrogens with one attached hydrogen (secondary N) is 2. The van der Waals surface area contributed by atoms with Crippen molar-refractivity contribution in [3.8, 4) is 0 Å². The topological polar surface area (TPSA) is 61.4 Å². The van der Waals surface area contributed by atoms with Crippen molar-refractivity contribution in [2.75, 3.05) is 23.7 Å². The molecular weight excluding hydrogens is 357 g/mol. The average molecular weight is 376 g/mol. The predicted octanol–water partition coefficient (Wildman–Crippen LogP) is 4.36. The number of para-hydroxylation sites is 1. The Balaban J connectivity index is 1.60. The molecule has 0 saturated carbocycles. The Morgan fingerprint density at radius 3 is 2.62 bits per heavy atom. The van der Waals surface area contributed by atoms with Gasteiger partial charge in [-0.25, -0.2) is 9.18 Å². The molecule has 2 N–H and O–H groups in total. The van der Waals surface area contributed by atoms with Gasteiger partial charge in [0, 0.05) is 23.8 Å². The number of likely N-dealkylation sites (tertiary alicyclic amines) is 1. The molecular formula is C19H19ClFN3O2. The van der Waals surface area contributed by atoms with Crippen molar-refractivity contribution in [3.05, 3.63) is 59.4 Å². The Labute approximate surface area is 156 Å². The van der Waals surface area contributed by atoms with Gasteiger partial charge in [0.2, 0.25) is 5.91 Å². The third kappa shape index (κ3) is 4.52. The minimum absolute atomic E-state index is 0.0882. The van der Waals surface area contributed by atoms with Gasteiger partial charge in [0.1, 0.15) is 5.82 Å². The maximum Gasteiger partial charge on any atom is 0.321 e. The van der Waals surface area contributed by atoms with Crippen LogP contribution < -0.4 is 10.6 Å². The molecule has 3 rings (SSSR count). The van der Waals surface area contributed by atoms with Gasteiger partial charge in [-0.3, -0.25) is 4.79 Å². The van der Waals surface area contributed by atoms with E-state index in [0.717, 1.165) is 6.07 Å². The lowest BCUT2D eigenvalue weighted by Gasteiger charge is -2.32. The van der Waals surface area contributed by atoms with E-state index in [2.05, 4.69) is 10.6 Å². The summed E-state index contributed by atoms with van der Waals surface area (Å²) < 4.78 is 13.9. The lowest BCUT2D eigenvalue weighted by molar-refractivity contribution is -0.121. The van der Waals surface area contributed by atoms with E-state index in [9.17, 15) is 14.0 Å². The number of piperidine rings is 1. The summed E-state index contributed by atoms with van der Waals surface area (Å²) in [4.78, 5) is 26.5. The zero-order valence-corrected chi connectivity index (χ0v) is 14.8. The van der Waals surface area contributed by atoms with Gasteiger partial charge >= 0.3 is 6.03 Å². The smallest absolute Gasteiger partial charge is 0.321 e. The Hall–Kier alpha value is -2.60. The molecule has 1 saturated heterocycles. The van der Waals surface area contributed by atoms with E-state index < -0.39 is 5.82 Å². The number of halogens is 2. The van der Waals surface area contributed by atoms with Gasteiger partial charge in [-0.05, 0) is 43.2 Å². The molecule has 1 aliphatic rings. The number of carbonyl (C=O) groups is 2. The fraction of sp³-hybridized carbons (Fsp3) is 0.263. The maximum atomic E-state index is 13.9. The van der Waals surface area contributed by atoms with Gasteiger partial charge in [0.15, 0.2) is 0 Å². The first-order valence-corrected chi connectivity index (χ1v) is 8.77. The second-order valence-electron chi connectivity index (χ2n) is 6.19. The van der Waals surface area contributed by atoms with E-state index in [-0.39, 0.29) is 28.6 Å². The average Bonchev–Trinajstić information content (AvgIpc) is 2.65. The standard InChI is InChI=1S/C19H19ClFN3O2/c20-14-8-9-17(16(21)11-14)23-18(25)13-5-4-10-24(12-13)19(26)22-15-6-2-1-3-7-15/h1-3,6-9,11,13H,4-5,10,12H2,(H,22,26)(H,23,25). The molecule has 0 spiro atoms. The first-order valence-electron chi connectivity index (χ1n) is 8.40. The molecule has 1 unspecified atom stereocenters. The number of hydrogen-bond donors (Lipinski definition) is 2. The number of rotatable bonds is 3. The van der Waals surface area contributed by atoms with E-state index in [1.807, 2.05) is 18.2 Å². The second kappa shape index (κ2) is 8.19. The highest BCUT2D eigenvalue weighted by molar-refractivity contribution is 6.30. The lowest BCUT2D eigenvalue weighted by Crippen LogP contribution is -2.45. The Morgan fingerprint density at radius 2 is 1.88 bits per heavy atom. The van der Waals surface area contributed by atoms with Crippen molar-refractivity contribution >= 4 is 34.9 Å². The molecule has 2 aromatic rings. The van der Waals surface area contributed by atoms with E-state index in [1.165, 1.54) is 12.1 Å². The third-order valence-electron chi connectivity index (χ3n) is 4.29. The van der Waals surface area contributed by atoms with Gasteiger partial charge < -0.3 is 15.5 Å². The van der Waals surface area contributed by atoms with Crippen molar-refractivity contribution < 1.29 is 14.0 Å². The van der Waals surface area contributed by atoms with Crippen LogP contribution in [0.2, 0.25) is 5.02 Å². The highest BCUT2D eigenvalue weighted by atomic mass is 35.5. The molecule has 136 valence electrons. The molecule has 2 aromatic carbocycles. The Bertz CT molecular complexity index is 801. The van der Waals surface area contributed by atoms with Crippen LogP contribution in [0.5, 0.6) is 0 Å². The predicted molar refractivity (Wildman–Crippen MR) is 99.8 cm³/mol. The lowest BCUT2D eigenvalue weighted by atomic mass is 9.97. The van der Waals surface area contributed by atoms with Crippen LogP contribution in [-0.2, 0) is 4.79 Å². The summed E-state index contributed by atoms with van der Waals surface area (Å²) >= 11 is 5.72. The minimum Gasteiger partial charge on any atom is -0.324 e. The number of anilines is 2. The third-order valence-corrected chi connectivity index (χ3v) is 4.53. The molecule has 26 heavy (non-hydrogen) atoms. The summed E-state index contributed by atoms with van der Waals surface area (Å²) in [5.41, 5.74) is 0.789. The van der Waals surface area contributed by atoms with Crippen molar-refractivity contribution in [2.45, 2.75) is 12.8 Å². The molecule has 0 radical (unpaired) electrons. The summed E-state index contributed by atoms with van der Waals surface area (Å²) in [5, 5.41) is 5.67. The van der Waals surface area contributed by atoms with Crippen LogP contribution in [0.4, 0.5) is 20.6 Å². The maximum absolute atomic E-state index is 13.9. The molecule has 1 heterocycles. The molecule has 5 nitrogen and oxygen atoms in total. The largest absolute Gasteiger partial charge is 0.324 e. The van der Waals surface area contributed by atoms with Gasteiger partial charge in [-0.15, -0.1) is 0 Å². The van der Waals surface area contributed by atoms with E-state index in [1.54, 1.807) is 17.0 Å². The number of carbonyl (C=O) groups excluding carboxylic acids is 2. The van der Waals surface area contributed by atoms with Crippen LogP contribution in [0.1, 0.15) is 12.8 Å². The van der Waals surface area contributed by atoms with Crippen LogP contribution in [0.15, 0.2) is 48.5 Å². The zero-order chi connectivity index (χ0) is 18.5. The number of urea groups is 1. The SMILES string of the molecule is O=C(Nc1ccc(Cl)cc1F)C1CCCN(C(=O)Nc2ccccc2)C1. The number of nitrogens with zero attached hydrogens (tertiary/aromatic N) is 1. The van der Waals surface area contributed by atoms with Gasteiger partial charge in [0.25, 0.3) is 0 Å². The highest BCUT2D eigenvalue weighted by Gasteiger charge is 2.29. The number of benzene rings is 2. The fourth-order valence-corrected chi connectivity index (χ4v) is 3.08. The monoisotopic (exact) mass is 375 g/mol. The molecule has 0 aromatic heterocycles. The van der Waals surface area contributed by atoms with Gasteiger partial charge in [0.05, 0.1) is 11.6 Å². The van der Waals surface area contributed by atoms with E-state index in [0.29, 0.717) is 31.6 Å². The van der Waals surface area contributed by atoms with Crippen LogP contribution >= 0.6 is 11.6 Å². The number of amides is 3. The normalized spacial score (nSPS) is 16.8. The quantitative estimate of drug-likeness (QED) is 0.837. The van der Waals surface area contributed by atoms with Gasteiger partial charge in [-0.2, -0.15) is 0 Å². The van der Waals surface area contributed by atoms with Crippen LogP contribution in [-0.4, -0.2) is 29.9 Å². The molecule has 0 bridgehead atoms. The van der Waals surface area contributed by atoms with E-state index in [4.69, 9.17) is 11.6 Å². The van der Waals surface area contributed by atoms with Crippen molar-refractivity contribution in [1.29, 1.82) is 0 Å². The number of hydrogen-bond acceptors (Lipinski definition) is 2.